The number of halogens is 1. The van der Waals surface area contributed by atoms with Crippen molar-refractivity contribution in [3.8, 4) is 5.69 Å². The van der Waals surface area contributed by atoms with Crippen molar-refractivity contribution in [2.24, 2.45) is 0 Å². The van der Waals surface area contributed by atoms with Crippen LogP contribution in [0, 0.1) is 5.82 Å². The topological polar surface area (TPSA) is 68.0 Å². The van der Waals surface area contributed by atoms with Crippen LogP contribution in [0.1, 0.15) is 21.7 Å². The molecule has 0 bridgehead atoms. The summed E-state index contributed by atoms with van der Waals surface area (Å²) >= 11 is 0. The molecule has 0 spiro atoms. The highest BCUT2D eigenvalue weighted by atomic mass is 19.1. The number of carboxylic acid groups (broad SMARTS) is 1. The van der Waals surface area contributed by atoms with E-state index in [4.69, 9.17) is 0 Å². The number of aromatic nitrogens is 3. The normalized spacial score (nSPS) is 10.7. The van der Waals surface area contributed by atoms with Gasteiger partial charge in [0.15, 0.2) is 5.69 Å². The fourth-order valence-corrected chi connectivity index (χ4v) is 2.41. The van der Waals surface area contributed by atoms with Gasteiger partial charge in [-0.3, -0.25) is 0 Å². The van der Waals surface area contributed by atoms with E-state index in [1.165, 1.54) is 16.8 Å². The summed E-state index contributed by atoms with van der Waals surface area (Å²) in [7, 11) is 0. The van der Waals surface area contributed by atoms with Crippen LogP contribution in [0.2, 0.25) is 0 Å². The first-order valence-corrected chi connectivity index (χ1v) is 7.13. The van der Waals surface area contributed by atoms with Crippen LogP contribution < -0.4 is 0 Å². The minimum atomic E-state index is -1.14. The van der Waals surface area contributed by atoms with E-state index in [2.05, 4.69) is 10.3 Å². The molecule has 0 aliphatic rings. The third-order valence-electron chi connectivity index (χ3n) is 3.51. The van der Waals surface area contributed by atoms with Crippen LogP contribution >= 0.6 is 0 Å². The summed E-state index contributed by atoms with van der Waals surface area (Å²) in [5.41, 5.74) is 1.88. The van der Waals surface area contributed by atoms with Gasteiger partial charge in [-0.05, 0) is 36.6 Å². The number of rotatable bonds is 5. The average Bonchev–Trinajstić information content (AvgIpc) is 2.98. The quantitative estimate of drug-likeness (QED) is 0.786. The molecule has 0 fully saturated rings. The van der Waals surface area contributed by atoms with Gasteiger partial charge in [0.05, 0.1) is 11.4 Å². The summed E-state index contributed by atoms with van der Waals surface area (Å²) in [6, 6.07) is 15.5. The van der Waals surface area contributed by atoms with Gasteiger partial charge in [-0.1, -0.05) is 41.6 Å². The Morgan fingerprint density at radius 1 is 1.09 bits per heavy atom. The van der Waals surface area contributed by atoms with Gasteiger partial charge in [0.25, 0.3) is 0 Å². The Morgan fingerprint density at radius 2 is 1.87 bits per heavy atom. The molecule has 6 heteroatoms. The lowest BCUT2D eigenvalue weighted by Gasteiger charge is -2.07. The molecule has 23 heavy (non-hydrogen) atoms. The molecular formula is C17H14FN3O2. The second-order valence-electron chi connectivity index (χ2n) is 5.07. The molecule has 5 nitrogen and oxygen atoms in total. The molecule has 2 aromatic carbocycles. The maximum Gasteiger partial charge on any atom is 0.358 e. The number of hydrogen-bond donors (Lipinski definition) is 1. The highest BCUT2D eigenvalue weighted by Gasteiger charge is 2.19. The van der Waals surface area contributed by atoms with Crippen LogP contribution in [0.25, 0.3) is 5.69 Å². The lowest BCUT2D eigenvalue weighted by atomic mass is 10.1. The number of benzene rings is 2. The Kier molecular flexibility index (Phi) is 4.14. The second kappa shape index (κ2) is 6.39. The van der Waals surface area contributed by atoms with Crippen LogP contribution in [0.4, 0.5) is 4.39 Å². The van der Waals surface area contributed by atoms with E-state index < -0.39 is 11.8 Å². The van der Waals surface area contributed by atoms with Gasteiger partial charge in [-0.2, -0.15) is 0 Å². The second-order valence-corrected chi connectivity index (χ2v) is 5.07. The number of aryl methyl sites for hydroxylation is 1. The molecule has 0 aliphatic carbocycles. The molecule has 0 radical (unpaired) electrons. The van der Waals surface area contributed by atoms with Gasteiger partial charge < -0.3 is 5.11 Å². The summed E-state index contributed by atoms with van der Waals surface area (Å²) in [4.78, 5) is 11.4. The number of nitrogens with zero attached hydrogens (tertiary/aromatic N) is 3. The molecule has 1 heterocycles. The molecule has 0 saturated heterocycles. The maximum atomic E-state index is 13.4. The fourth-order valence-electron chi connectivity index (χ4n) is 2.41. The summed E-state index contributed by atoms with van der Waals surface area (Å²) in [5.74, 6) is -1.56. The van der Waals surface area contributed by atoms with E-state index in [1.54, 1.807) is 12.1 Å². The van der Waals surface area contributed by atoms with E-state index in [9.17, 15) is 14.3 Å². The number of carboxylic acids is 1. The Hall–Kier alpha value is -3.02. The van der Waals surface area contributed by atoms with Gasteiger partial charge >= 0.3 is 5.97 Å². The lowest BCUT2D eigenvalue weighted by molar-refractivity contribution is 0.0689. The molecule has 3 aromatic rings. The first kappa shape index (κ1) is 14.9. The Balaban J connectivity index is 1.96. The standard InChI is InChI=1S/C17H14FN3O2/c18-13-7-4-8-14(11-13)21-15(16(17(22)23)19-20-21)10-9-12-5-2-1-3-6-12/h1-8,11H,9-10H2,(H,22,23). The number of carbonyl (C=O) groups is 1. The van der Waals surface area contributed by atoms with Crippen molar-refractivity contribution in [1.82, 2.24) is 15.0 Å². The minimum absolute atomic E-state index is 0.106. The van der Waals surface area contributed by atoms with Gasteiger partial charge in [0.1, 0.15) is 5.82 Å². The predicted molar refractivity (Wildman–Crippen MR) is 82.1 cm³/mol. The van der Waals surface area contributed by atoms with E-state index in [-0.39, 0.29) is 5.69 Å². The Morgan fingerprint density at radius 3 is 2.57 bits per heavy atom. The zero-order valence-corrected chi connectivity index (χ0v) is 12.2. The van der Waals surface area contributed by atoms with Crippen molar-refractivity contribution in [3.05, 3.63) is 77.4 Å². The van der Waals surface area contributed by atoms with E-state index >= 15 is 0 Å². The Bertz CT molecular complexity index is 831. The summed E-state index contributed by atoms with van der Waals surface area (Å²) in [5, 5.41) is 16.9. The molecule has 1 aromatic heterocycles. The van der Waals surface area contributed by atoms with E-state index in [0.717, 1.165) is 5.56 Å². The SMILES string of the molecule is O=C(O)c1nnn(-c2cccc(F)c2)c1CCc1ccccc1. The first-order chi connectivity index (χ1) is 11.1. The average molecular weight is 311 g/mol. The van der Waals surface area contributed by atoms with Crippen molar-refractivity contribution < 1.29 is 14.3 Å². The Labute approximate surface area is 132 Å². The van der Waals surface area contributed by atoms with Crippen LogP contribution in [0.3, 0.4) is 0 Å². The smallest absolute Gasteiger partial charge is 0.358 e. The highest BCUT2D eigenvalue weighted by Crippen LogP contribution is 2.16. The molecule has 0 amide bonds. The molecule has 116 valence electrons. The highest BCUT2D eigenvalue weighted by molar-refractivity contribution is 5.86. The van der Waals surface area contributed by atoms with Crippen LogP contribution in [-0.4, -0.2) is 26.1 Å². The molecule has 0 atom stereocenters. The molecule has 0 aliphatic heterocycles. The van der Waals surface area contributed by atoms with Crippen molar-refractivity contribution >= 4 is 5.97 Å². The zero-order chi connectivity index (χ0) is 16.2. The van der Waals surface area contributed by atoms with E-state index in [0.29, 0.717) is 24.2 Å². The zero-order valence-electron chi connectivity index (χ0n) is 12.2. The van der Waals surface area contributed by atoms with Crippen molar-refractivity contribution in [2.75, 3.05) is 0 Å². The fraction of sp³-hybridized carbons (Fsp3) is 0.118. The van der Waals surface area contributed by atoms with Crippen molar-refractivity contribution in [1.29, 1.82) is 0 Å². The van der Waals surface area contributed by atoms with Crippen LogP contribution in [-0.2, 0) is 12.8 Å². The summed E-state index contributed by atoms with van der Waals surface area (Å²) < 4.78 is 14.8. The molecule has 1 N–H and O–H groups in total. The summed E-state index contributed by atoms with van der Waals surface area (Å²) in [6.07, 6.45) is 1.08. The third kappa shape index (κ3) is 3.26. The largest absolute Gasteiger partial charge is 0.476 e. The summed E-state index contributed by atoms with van der Waals surface area (Å²) in [6.45, 7) is 0. The van der Waals surface area contributed by atoms with Gasteiger partial charge in [0.2, 0.25) is 0 Å². The van der Waals surface area contributed by atoms with Gasteiger partial charge in [-0.15, -0.1) is 5.10 Å². The molecular weight excluding hydrogens is 297 g/mol. The molecule has 0 saturated carbocycles. The van der Waals surface area contributed by atoms with E-state index in [1.807, 2.05) is 30.3 Å². The molecule has 3 rings (SSSR count). The monoisotopic (exact) mass is 311 g/mol. The minimum Gasteiger partial charge on any atom is -0.476 e. The first-order valence-electron chi connectivity index (χ1n) is 7.13. The van der Waals surface area contributed by atoms with Gasteiger partial charge in [-0.25, -0.2) is 13.9 Å². The third-order valence-corrected chi connectivity index (χ3v) is 3.51. The van der Waals surface area contributed by atoms with Crippen LogP contribution in [0.5, 0.6) is 0 Å². The van der Waals surface area contributed by atoms with Crippen molar-refractivity contribution in [3.63, 3.8) is 0 Å². The lowest BCUT2D eigenvalue weighted by Crippen LogP contribution is -2.08. The number of aromatic carboxylic acids is 1. The van der Waals surface area contributed by atoms with Crippen molar-refractivity contribution in [2.45, 2.75) is 12.8 Å². The van der Waals surface area contributed by atoms with Gasteiger partial charge in [0, 0.05) is 0 Å². The van der Waals surface area contributed by atoms with Crippen LogP contribution in [0.15, 0.2) is 54.6 Å². The number of hydrogen-bond acceptors (Lipinski definition) is 3. The maximum absolute atomic E-state index is 13.4. The predicted octanol–water partition coefficient (Wildman–Crippen LogP) is 2.89. The molecule has 0 unspecified atom stereocenters.